The maximum Gasteiger partial charge on any atom is 0.250 e. The van der Waals surface area contributed by atoms with Gasteiger partial charge in [-0.1, -0.05) is 45.0 Å². The van der Waals surface area contributed by atoms with E-state index in [1.165, 1.54) is 6.07 Å². The van der Waals surface area contributed by atoms with Crippen LogP contribution in [0.2, 0.25) is 18.1 Å². The van der Waals surface area contributed by atoms with Gasteiger partial charge in [0.1, 0.15) is 0 Å². The van der Waals surface area contributed by atoms with Crippen LogP contribution in [0.3, 0.4) is 0 Å². The summed E-state index contributed by atoms with van der Waals surface area (Å²) in [4.78, 5) is 12.0. The lowest BCUT2D eigenvalue weighted by Gasteiger charge is -2.36. The molecular formula is C20H29NO3Si. The Kier molecular flexibility index (Phi) is 6.03. The third-order valence-corrected chi connectivity index (χ3v) is 9.46. The Morgan fingerprint density at radius 2 is 1.76 bits per heavy atom. The number of aliphatic hydroxyl groups is 1. The van der Waals surface area contributed by atoms with E-state index in [1.54, 1.807) is 16.8 Å². The van der Waals surface area contributed by atoms with Gasteiger partial charge >= 0.3 is 0 Å². The fourth-order valence-corrected chi connectivity index (χ4v) is 3.25. The molecule has 0 spiro atoms. The molecule has 0 aliphatic heterocycles. The van der Waals surface area contributed by atoms with Crippen LogP contribution in [0, 0.1) is 0 Å². The van der Waals surface area contributed by atoms with Gasteiger partial charge in [-0.15, -0.1) is 0 Å². The summed E-state index contributed by atoms with van der Waals surface area (Å²) in [5.41, 5.74) is 2.83. The number of aromatic nitrogens is 1. The Morgan fingerprint density at radius 1 is 1.08 bits per heavy atom. The molecule has 1 heterocycles. The lowest BCUT2D eigenvalue weighted by molar-refractivity contribution is 0.276. The van der Waals surface area contributed by atoms with Crippen molar-refractivity contribution in [3.63, 3.8) is 0 Å². The molecule has 0 radical (unpaired) electrons. The van der Waals surface area contributed by atoms with Gasteiger partial charge < -0.3 is 14.1 Å². The molecule has 0 unspecified atom stereocenters. The van der Waals surface area contributed by atoms with Crippen LogP contribution in [0.4, 0.5) is 0 Å². The van der Waals surface area contributed by atoms with Crippen LogP contribution < -0.4 is 5.56 Å². The molecule has 136 valence electrons. The second-order valence-electron chi connectivity index (χ2n) is 8.03. The number of rotatable bonds is 6. The van der Waals surface area contributed by atoms with Gasteiger partial charge in [-0.3, -0.25) is 4.79 Å². The van der Waals surface area contributed by atoms with Crippen molar-refractivity contribution >= 4 is 8.32 Å². The van der Waals surface area contributed by atoms with Crippen molar-refractivity contribution in [1.29, 1.82) is 0 Å². The number of aliphatic hydroxyl groups excluding tert-OH is 1. The third-order valence-electron chi connectivity index (χ3n) is 4.98. The van der Waals surface area contributed by atoms with E-state index in [0.29, 0.717) is 13.2 Å². The van der Waals surface area contributed by atoms with E-state index in [0.717, 1.165) is 16.7 Å². The number of hydrogen-bond acceptors (Lipinski definition) is 3. The highest BCUT2D eigenvalue weighted by molar-refractivity contribution is 6.74. The topological polar surface area (TPSA) is 51.5 Å². The molecule has 0 amide bonds. The van der Waals surface area contributed by atoms with Crippen molar-refractivity contribution in [1.82, 2.24) is 4.57 Å². The zero-order chi connectivity index (χ0) is 18.7. The Morgan fingerprint density at radius 3 is 2.40 bits per heavy atom. The third kappa shape index (κ3) is 5.14. The summed E-state index contributed by atoms with van der Waals surface area (Å²) in [6.07, 6.45) is 1.71. The van der Waals surface area contributed by atoms with Gasteiger partial charge in [0.25, 0.3) is 5.56 Å². The highest BCUT2D eigenvalue weighted by Crippen LogP contribution is 2.37. The van der Waals surface area contributed by atoms with Gasteiger partial charge in [-0.2, -0.15) is 0 Å². The molecule has 2 rings (SSSR count). The van der Waals surface area contributed by atoms with Crippen LogP contribution in [-0.4, -0.2) is 18.0 Å². The quantitative estimate of drug-likeness (QED) is 0.796. The van der Waals surface area contributed by atoms with Crippen LogP contribution in [0.25, 0.3) is 0 Å². The van der Waals surface area contributed by atoms with Gasteiger partial charge in [0.05, 0.1) is 19.8 Å². The molecule has 1 N–H and O–H groups in total. The Bertz CT molecular complexity index is 775. The second kappa shape index (κ2) is 7.68. The van der Waals surface area contributed by atoms with E-state index in [1.807, 2.05) is 12.1 Å². The number of pyridine rings is 1. The van der Waals surface area contributed by atoms with E-state index in [4.69, 9.17) is 4.43 Å². The van der Waals surface area contributed by atoms with Crippen molar-refractivity contribution in [3.8, 4) is 0 Å². The molecule has 0 atom stereocenters. The maximum absolute atomic E-state index is 12.0. The lowest BCUT2D eigenvalue weighted by atomic mass is 10.1. The number of benzene rings is 1. The molecule has 4 nitrogen and oxygen atoms in total. The summed E-state index contributed by atoms with van der Waals surface area (Å²) in [5, 5.41) is 9.43. The van der Waals surface area contributed by atoms with Gasteiger partial charge in [0.2, 0.25) is 0 Å². The molecule has 25 heavy (non-hydrogen) atoms. The summed E-state index contributed by atoms with van der Waals surface area (Å²) in [5.74, 6) is 0. The second-order valence-corrected chi connectivity index (χ2v) is 12.8. The summed E-state index contributed by atoms with van der Waals surface area (Å²) < 4.78 is 7.91. The number of hydrogen-bond donors (Lipinski definition) is 1. The van der Waals surface area contributed by atoms with E-state index in [9.17, 15) is 9.90 Å². The first-order valence-electron chi connectivity index (χ1n) is 8.64. The Hall–Kier alpha value is -1.69. The lowest BCUT2D eigenvalue weighted by Crippen LogP contribution is -2.40. The van der Waals surface area contributed by atoms with E-state index in [2.05, 4.69) is 46.0 Å². The monoisotopic (exact) mass is 359 g/mol. The van der Waals surface area contributed by atoms with Crippen LogP contribution in [0.5, 0.6) is 0 Å². The van der Waals surface area contributed by atoms with Crippen LogP contribution >= 0.6 is 0 Å². The average molecular weight is 360 g/mol. The maximum atomic E-state index is 12.0. The highest BCUT2D eigenvalue weighted by atomic mass is 28.4. The van der Waals surface area contributed by atoms with Crippen LogP contribution in [0.15, 0.2) is 47.4 Å². The molecule has 0 saturated carbocycles. The summed E-state index contributed by atoms with van der Waals surface area (Å²) in [6.45, 7) is 12.2. The minimum atomic E-state index is -1.78. The summed E-state index contributed by atoms with van der Waals surface area (Å²) in [7, 11) is -1.78. The van der Waals surface area contributed by atoms with Crippen LogP contribution in [-0.2, 0) is 24.2 Å². The standard InChI is InChI=1S/C20H29NO3Si/c1-20(2,3)25(4,5)24-15-17-8-6-7-16(11-17)12-21-13-18(14-22)9-10-19(21)23/h6-11,13,22H,12,14-15H2,1-5H3. The van der Waals surface area contributed by atoms with Crippen molar-refractivity contribution in [2.45, 2.75) is 58.7 Å². The van der Waals surface area contributed by atoms with E-state index >= 15 is 0 Å². The van der Waals surface area contributed by atoms with E-state index in [-0.39, 0.29) is 17.2 Å². The molecule has 0 bridgehead atoms. The SMILES string of the molecule is CC(C)(C)[Si](C)(C)OCc1cccc(Cn2cc(CO)ccc2=O)c1. The smallest absolute Gasteiger partial charge is 0.250 e. The van der Waals surface area contributed by atoms with Crippen molar-refractivity contribution in [2.24, 2.45) is 0 Å². The van der Waals surface area contributed by atoms with Gasteiger partial charge in [-0.25, -0.2) is 0 Å². The molecule has 0 saturated heterocycles. The minimum absolute atomic E-state index is 0.0688. The van der Waals surface area contributed by atoms with Gasteiger partial charge in [0, 0.05) is 12.3 Å². The minimum Gasteiger partial charge on any atom is -0.413 e. The van der Waals surface area contributed by atoms with Crippen LogP contribution in [0.1, 0.15) is 37.5 Å². The number of nitrogens with zero attached hydrogens (tertiary/aromatic N) is 1. The Labute approximate surface area is 151 Å². The Balaban J connectivity index is 2.13. The van der Waals surface area contributed by atoms with E-state index < -0.39 is 8.32 Å². The van der Waals surface area contributed by atoms with Gasteiger partial charge in [0.15, 0.2) is 8.32 Å². The van der Waals surface area contributed by atoms with Gasteiger partial charge in [-0.05, 0) is 40.9 Å². The highest BCUT2D eigenvalue weighted by Gasteiger charge is 2.36. The normalized spacial score (nSPS) is 12.4. The molecule has 1 aromatic heterocycles. The van der Waals surface area contributed by atoms with Crippen molar-refractivity contribution in [2.75, 3.05) is 0 Å². The average Bonchev–Trinajstić information content (AvgIpc) is 2.54. The van der Waals surface area contributed by atoms with Crippen molar-refractivity contribution < 1.29 is 9.53 Å². The fourth-order valence-electron chi connectivity index (χ4n) is 2.29. The summed E-state index contributed by atoms with van der Waals surface area (Å²) >= 11 is 0. The molecule has 5 heteroatoms. The predicted molar refractivity (Wildman–Crippen MR) is 104 cm³/mol. The molecule has 2 aromatic rings. The molecule has 1 aromatic carbocycles. The first-order valence-corrected chi connectivity index (χ1v) is 11.6. The molecule has 0 fully saturated rings. The largest absolute Gasteiger partial charge is 0.413 e. The molecular weight excluding hydrogens is 330 g/mol. The molecule has 0 aliphatic rings. The van der Waals surface area contributed by atoms with Crippen molar-refractivity contribution in [3.05, 3.63) is 69.6 Å². The fraction of sp³-hybridized carbons (Fsp3) is 0.450. The molecule has 0 aliphatic carbocycles. The summed E-state index contributed by atoms with van der Waals surface area (Å²) in [6, 6.07) is 11.3. The first-order chi connectivity index (χ1) is 11.6. The predicted octanol–water partition coefficient (Wildman–Crippen LogP) is 3.91. The zero-order valence-electron chi connectivity index (χ0n) is 15.9. The zero-order valence-corrected chi connectivity index (χ0v) is 16.9. The first kappa shape index (κ1) is 19.6.